The fraction of sp³-hybridized carbons (Fsp3) is 0.174. The molecular formula is C23H23N5O2. The molecule has 0 unspecified atom stereocenters. The van der Waals surface area contributed by atoms with Crippen LogP contribution >= 0.6 is 0 Å². The molecule has 0 fully saturated rings. The summed E-state index contributed by atoms with van der Waals surface area (Å²) in [4.78, 5) is 20.8. The van der Waals surface area contributed by atoms with Crippen LogP contribution in [0.4, 0.5) is 5.82 Å². The van der Waals surface area contributed by atoms with Gasteiger partial charge in [0.05, 0.1) is 17.6 Å². The average Bonchev–Trinajstić information content (AvgIpc) is 3.21. The number of nitrogens with zero attached hydrogens (tertiary/aromatic N) is 3. The second-order valence-electron chi connectivity index (χ2n) is 6.89. The molecule has 0 spiro atoms. The van der Waals surface area contributed by atoms with Crippen LogP contribution in [0.15, 0.2) is 67.0 Å². The summed E-state index contributed by atoms with van der Waals surface area (Å²) >= 11 is 0. The molecule has 2 heterocycles. The molecular weight excluding hydrogens is 378 g/mol. The molecule has 0 saturated heterocycles. The van der Waals surface area contributed by atoms with Gasteiger partial charge in [0.15, 0.2) is 11.5 Å². The molecule has 0 aliphatic heterocycles. The lowest BCUT2D eigenvalue weighted by Crippen LogP contribution is -2.10. The summed E-state index contributed by atoms with van der Waals surface area (Å²) in [6.07, 6.45) is 4.66. The number of aromatic nitrogens is 3. The third kappa shape index (κ3) is 4.01. The van der Waals surface area contributed by atoms with Crippen LogP contribution in [-0.4, -0.2) is 40.5 Å². The SMILES string of the molecule is COCCCNc1nc(-c2ccccc2)cn2c(-c3ccc(C(N)=O)cc3)cnc12. The average molecular weight is 401 g/mol. The number of anilines is 1. The van der Waals surface area contributed by atoms with Crippen LogP contribution in [0.2, 0.25) is 0 Å². The van der Waals surface area contributed by atoms with Gasteiger partial charge in [0, 0.05) is 43.1 Å². The quantitative estimate of drug-likeness (QED) is 0.440. The van der Waals surface area contributed by atoms with Crippen molar-refractivity contribution in [2.45, 2.75) is 6.42 Å². The Hall–Kier alpha value is -3.71. The van der Waals surface area contributed by atoms with Crippen molar-refractivity contribution < 1.29 is 9.53 Å². The number of nitrogens with one attached hydrogen (secondary N) is 1. The molecule has 0 atom stereocenters. The van der Waals surface area contributed by atoms with Gasteiger partial charge in [0.1, 0.15) is 0 Å². The van der Waals surface area contributed by atoms with E-state index in [-0.39, 0.29) is 0 Å². The minimum atomic E-state index is -0.446. The minimum Gasteiger partial charge on any atom is -0.385 e. The number of methoxy groups -OCH3 is 1. The predicted octanol–water partition coefficient (Wildman–Crippen LogP) is 3.61. The largest absolute Gasteiger partial charge is 0.385 e. The molecule has 152 valence electrons. The standard InChI is InChI=1S/C23H23N5O2/c1-30-13-5-12-25-22-23-26-14-20(17-8-10-18(11-9-17)21(24)29)28(23)15-19(27-22)16-6-3-2-4-7-16/h2-4,6-11,14-15H,5,12-13H2,1H3,(H2,24,29)(H,25,27). The van der Waals surface area contributed by atoms with Gasteiger partial charge in [-0.3, -0.25) is 9.20 Å². The highest BCUT2D eigenvalue weighted by molar-refractivity contribution is 5.93. The van der Waals surface area contributed by atoms with Crippen molar-refractivity contribution in [2.24, 2.45) is 5.73 Å². The zero-order chi connectivity index (χ0) is 20.9. The van der Waals surface area contributed by atoms with Crippen LogP contribution in [0.25, 0.3) is 28.2 Å². The third-order valence-electron chi connectivity index (χ3n) is 4.84. The Morgan fingerprint density at radius 3 is 2.57 bits per heavy atom. The second-order valence-corrected chi connectivity index (χ2v) is 6.89. The van der Waals surface area contributed by atoms with Crippen LogP contribution in [0, 0.1) is 0 Å². The van der Waals surface area contributed by atoms with Gasteiger partial charge in [-0.15, -0.1) is 0 Å². The minimum absolute atomic E-state index is 0.446. The molecule has 4 aromatic rings. The number of ether oxygens (including phenoxy) is 1. The van der Waals surface area contributed by atoms with E-state index in [1.54, 1.807) is 19.2 Å². The van der Waals surface area contributed by atoms with Crippen molar-refractivity contribution in [1.82, 2.24) is 14.4 Å². The molecule has 0 bridgehead atoms. The Bertz CT molecular complexity index is 1150. The van der Waals surface area contributed by atoms with E-state index in [1.807, 2.05) is 59.3 Å². The lowest BCUT2D eigenvalue weighted by molar-refractivity contribution is 0.100. The maximum absolute atomic E-state index is 11.4. The molecule has 0 saturated carbocycles. The highest BCUT2D eigenvalue weighted by atomic mass is 16.5. The first kappa shape index (κ1) is 19.6. The van der Waals surface area contributed by atoms with E-state index in [2.05, 4.69) is 10.3 Å². The van der Waals surface area contributed by atoms with Gasteiger partial charge in [-0.2, -0.15) is 0 Å². The van der Waals surface area contributed by atoms with Gasteiger partial charge < -0.3 is 15.8 Å². The summed E-state index contributed by atoms with van der Waals surface area (Å²) in [7, 11) is 1.69. The van der Waals surface area contributed by atoms with Gasteiger partial charge in [0.25, 0.3) is 0 Å². The Morgan fingerprint density at radius 2 is 1.87 bits per heavy atom. The van der Waals surface area contributed by atoms with Crippen LogP contribution in [0.5, 0.6) is 0 Å². The number of rotatable bonds is 8. The van der Waals surface area contributed by atoms with Crippen molar-refractivity contribution in [3.63, 3.8) is 0 Å². The number of amides is 1. The summed E-state index contributed by atoms with van der Waals surface area (Å²) in [5.74, 6) is 0.269. The monoisotopic (exact) mass is 401 g/mol. The van der Waals surface area contributed by atoms with Crippen molar-refractivity contribution in [3.8, 4) is 22.5 Å². The molecule has 2 aromatic carbocycles. The molecule has 1 amide bonds. The van der Waals surface area contributed by atoms with Crippen molar-refractivity contribution >= 4 is 17.4 Å². The number of carbonyl (C=O) groups is 1. The van der Waals surface area contributed by atoms with Crippen LogP contribution < -0.4 is 11.1 Å². The van der Waals surface area contributed by atoms with Gasteiger partial charge in [-0.25, -0.2) is 9.97 Å². The first-order valence-corrected chi connectivity index (χ1v) is 9.74. The highest BCUT2D eigenvalue weighted by Crippen LogP contribution is 2.27. The fourth-order valence-electron chi connectivity index (χ4n) is 3.30. The third-order valence-corrected chi connectivity index (χ3v) is 4.84. The Morgan fingerprint density at radius 1 is 1.10 bits per heavy atom. The first-order chi connectivity index (χ1) is 14.7. The maximum atomic E-state index is 11.4. The topological polar surface area (TPSA) is 94.5 Å². The van der Waals surface area contributed by atoms with Gasteiger partial charge in [-0.05, 0) is 18.6 Å². The molecule has 4 rings (SSSR count). The number of benzene rings is 2. The highest BCUT2D eigenvalue weighted by Gasteiger charge is 2.14. The molecule has 7 heteroatoms. The number of primary amides is 1. The number of hydrogen-bond donors (Lipinski definition) is 2. The number of carbonyl (C=O) groups excluding carboxylic acids is 1. The van der Waals surface area contributed by atoms with Crippen LogP contribution in [0.3, 0.4) is 0 Å². The lowest BCUT2D eigenvalue weighted by atomic mass is 10.1. The Labute approximate surface area is 174 Å². The number of hydrogen-bond acceptors (Lipinski definition) is 5. The molecule has 0 aliphatic rings. The zero-order valence-corrected chi connectivity index (χ0v) is 16.7. The number of nitrogens with two attached hydrogens (primary N) is 1. The van der Waals surface area contributed by atoms with E-state index in [9.17, 15) is 4.79 Å². The van der Waals surface area contributed by atoms with Crippen LogP contribution in [-0.2, 0) is 4.74 Å². The summed E-state index contributed by atoms with van der Waals surface area (Å²) in [6.45, 7) is 1.40. The summed E-state index contributed by atoms with van der Waals surface area (Å²) in [6, 6.07) is 17.2. The zero-order valence-electron chi connectivity index (χ0n) is 16.7. The van der Waals surface area contributed by atoms with Crippen molar-refractivity contribution in [2.75, 3.05) is 25.6 Å². The van der Waals surface area contributed by atoms with Crippen molar-refractivity contribution in [1.29, 1.82) is 0 Å². The van der Waals surface area contributed by atoms with Crippen molar-refractivity contribution in [3.05, 3.63) is 72.6 Å². The van der Waals surface area contributed by atoms with E-state index in [0.717, 1.165) is 41.1 Å². The fourth-order valence-corrected chi connectivity index (χ4v) is 3.30. The molecule has 7 nitrogen and oxygen atoms in total. The lowest BCUT2D eigenvalue weighted by Gasteiger charge is -2.11. The first-order valence-electron chi connectivity index (χ1n) is 9.74. The smallest absolute Gasteiger partial charge is 0.248 e. The molecule has 30 heavy (non-hydrogen) atoms. The van der Waals surface area contributed by atoms with Crippen LogP contribution in [0.1, 0.15) is 16.8 Å². The maximum Gasteiger partial charge on any atom is 0.248 e. The second kappa shape index (κ2) is 8.75. The summed E-state index contributed by atoms with van der Waals surface area (Å²) < 4.78 is 7.16. The van der Waals surface area contributed by atoms with Gasteiger partial charge in [-0.1, -0.05) is 42.5 Å². The molecule has 0 aliphatic carbocycles. The Kier molecular flexibility index (Phi) is 5.72. The van der Waals surface area contributed by atoms with Gasteiger partial charge in [0.2, 0.25) is 5.91 Å². The summed E-state index contributed by atoms with van der Waals surface area (Å²) in [5.41, 5.74) is 10.3. The predicted molar refractivity (Wildman–Crippen MR) is 117 cm³/mol. The van der Waals surface area contributed by atoms with E-state index < -0.39 is 5.91 Å². The van der Waals surface area contributed by atoms with E-state index in [4.69, 9.17) is 15.5 Å². The molecule has 0 radical (unpaired) electrons. The number of fused-ring (bicyclic) bond motifs is 1. The van der Waals surface area contributed by atoms with Gasteiger partial charge >= 0.3 is 0 Å². The van der Waals surface area contributed by atoms with E-state index in [0.29, 0.717) is 18.0 Å². The van der Waals surface area contributed by atoms with E-state index >= 15 is 0 Å². The Balaban J connectivity index is 1.79. The molecule has 2 aromatic heterocycles. The summed E-state index contributed by atoms with van der Waals surface area (Å²) in [5, 5.41) is 3.39. The molecule has 3 N–H and O–H groups in total. The van der Waals surface area contributed by atoms with E-state index in [1.165, 1.54) is 0 Å². The number of imidazole rings is 1. The normalized spacial score (nSPS) is 11.0.